The zero-order chi connectivity index (χ0) is 21.8. The number of nitrogens with two attached hydrogens (primary N) is 1. The number of benzene rings is 1. The maximum absolute atomic E-state index is 15.0. The number of amides is 1. The molecule has 166 valence electrons. The number of primary amides is 1. The van der Waals surface area contributed by atoms with Gasteiger partial charge in [0.1, 0.15) is 5.82 Å². The Labute approximate surface area is 182 Å². The number of carbonyl (C=O) groups is 1. The second kappa shape index (κ2) is 9.45. The van der Waals surface area contributed by atoms with Crippen molar-refractivity contribution in [1.29, 1.82) is 5.26 Å². The number of hydrogen-bond donors (Lipinski definition) is 2. The summed E-state index contributed by atoms with van der Waals surface area (Å²) in [6.07, 6.45) is 3.79. The predicted octanol–water partition coefficient (Wildman–Crippen LogP) is 1.23. The molecule has 2 fully saturated rings. The maximum atomic E-state index is 15.0. The van der Waals surface area contributed by atoms with Crippen LogP contribution < -0.4 is 11.1 Å². The number of nitrogens with zero attached hydrogens (tertiary/aromatic N) is 2. The summed E-state index contributed by atoms with van der Waals surface area (Å²) in [4.78, 5) is 14.6. The van der Waals surface area contributed by atoms with Crippen LogP contribution in [0.3, 0.4) is 0 Å². The standard InChI is InChI=1S/C23H29FN4O3/c24-21-11-17(16-4-7-28(8-5-16)20-13-30-14-20)2-3-18(21)10-19(12-25)23(22(26)29)15-27-6-1-9-31-23/h2-4,11,19-20,27H,1,5-10,13-15H2,(H2,26,29)/t19-,23?/m0/s1. The molecular weight excluding hydrogens is 399 g/mol. The van der Waals surface area contributed by atoms with Gasteiger partial charge in [-0.25, -0.2) is 4.39 Å². The summed E-state index contributed by atoms with van der Waals surface area (Å²) >= 11 is 0. The van der Waals surface area contributed by atoms with Gasteiger partial charge < -0.3 is 20.5 Å². The second-order valence-corrected chi connectivity index (χ2v) is 8.49. The molecular formula is C23H29FN4O3. The van der Waals surface area contributed by atoms with Crippen LogP contribution in [-0.2, 0) is 20.7 Å². The van der Waals surface area contributed by atoms with Crippen LogP contribution in [0.2, 0.25) is 0 Å². The monoisotopic (exact) mass is 428 g/mol. The first-order valence-electron chi connectivity index (χ1n) is 10.9. The molecule has 0 radical (unpaired) electrons. The van der Waals surface area contributed by atoms with E-state index in [1.807, 2.05) is 6.07 Å². The summed E-state index contributed by atoms with van der Waals surface area (Å²) in [6, 6.07) is 7.77. The predicted molar refractivity (Wildman–Crippen MR) is 113 cm³/mol. The molecule has 31 heavy (non-hydrogen) atoms. The fourth-order valence-corrected chi connectivity index (χ4v) is 4.49. The van der Waals surface area contributed by atoms with Gasteiger partial charge in [-0.3, -0.25) is 9.69 Å². The molecule has 8 heteroatoms. The minimum Gasteiger partial charge on any atom is -0.378 e. The van der Waals surface area contributed by atoms with Crippen LogP contribution in [0.1, 0.15) is 24.0 Å². The molecule has 0 aliphatic carbocycles. The van der Waals surface area contributed by atoms with Gasteiger partial charge in [-0.15, -0.1) is 0 Å². The quantitative estimate of drug-likeness (QED) is 0.707. The molecule has 1 aromatic rings. The first-order chi connectivity index (χ1) is 15.0. The lowest BCUT2D eigenvalue weighted by atomic mass is 9.82. The van der Waals surface area contributed by atoms with Crippen molar-refractivity contribution >= 4 is 11.5 Å². The Morgan fingerprint density at radius 1 is 1.45 bits per heavy atom. The maximum Gasteiger partial charge on any atom is 0.252 e. The Morgan fingerprint density at radius 3 is 2.90 bits per heavy atom. The van der Waals surface area contributed by atoms with E-state index in [1.165, 1.54) is 6.07 Å². The van der Waals surface area contributed by atoms with Gasteiger partial charge in [-0.05, 0) is 48.6 Å². The molecule has 3 aliphatic rings. The second-order valence-electron chi connectivity index (χ2n) is 8.49. The molecule has 0 bridgehead atoms. The number of ether oxygens (including phenoxy) is 2. The highest BCUT2D eigenvalue weighted by atomic mass is 19.1. The Bertz CT molecular complexity index is 885. The lowest BCUT2D eigenvalue weighted by molar-refractivity contribution is -0.147. The number of nitriles is 1. The van der Waals surface area contributed by atoms with Crippen molar-refractivity contribution in [3.63, 3.8) is 0 Å². The van der Waals surface area contributed by atoms with Crippen molar-refractivity contribution in [2.24, 2.45) is 11.7 Å². The van der Waals surface area contributed by atoms with Crippen molar-refractivity contribution in [2.45, 2.75) is 30.9 Å². The van der Waals surface area contributed by atoms with E-state index in [1.54, 1.807) is 6.07 Å². The summed E-state index contributed by atoms with van der Waals surface area (Å²) < 4.78 is 26.0. The molecule has 2 atom stereocenters. The molecule has 7 nitrogen and oxygen atoms in total. The minimum atomic E-state index is -1.46. The molecule has 1 amide bonds. The third-order valence-electron chi connectivity index (χ3n) is 6.61. The van der Waals surface area contributed by atoms with E-state index in [2.05, 4.69) is 22.4 Å². The molecule has 3 N–H and O–H groups in total. The lowest BCUT2D eigenvalue weighted by Gasteiger charge is -2.38. The zero-order valence-electron chi connectivity index (χ0n) is 17.6. The van der Waals surface area contributed by atoms with E-state index < -0.39 is 17.4 Å². The van der Waals surface area contributed by atoms with Gasteiger partial charge in [0.2, 0.25) is 0 Å². The first-order valence-corrected chi connectivity index (χ1v) is 10.9. The number of rotatable bonds is 6. The van der Waals surface area contributed by atoms with E-state index in [9.17, 15) is 10.1 Å². The number of nitrogens with one attached hydrogen (secondary N) is 1. The fourth-order valence-electron chi connectivity index (χ4n) is 4.49. The van der Waals surface area contributed by atoms with Gasteiger partial charge in [-0.1, -0.05) is 18.2 Å². The van der Waals surface area contributed by atoms with Crippen molar-refractivity contribution in [2.75, 3.05) is 46.0 Å². The van der Waals surface area contributed by atoms with Crippen molar-refractivity contribution in [1.82, 2.24) is 10.2 Å². The normalized spacial score (nSPS) is 26.3. The van der Waals surface area contributed by atoms with E-state index >= 15 is 4.39 Å². The van der Waals surface area contributed by atoms with Crippen LogP contribution in [0.15, 0.2) is 24.3 Å². The van der Waals surface area contributed by atoms with Crippen LogP contribution in [-0.4, -0.2) is 68.4 Å². The zero-order valence-corrected chi connectivity index (χ0v) is 17.6. The third-order valence-corrected chi connectivity index (χ3v) is 6.61. The van der Waals surface area contributed by atoms with Crippen LogP contribution >= 0.6 is 0 Å². The van der Waals surface area contributed by atoms with Gasteiger partial charge >= 0.3 is 0 Å². The molecule has 2 saturated heterocycles. The highest BCUT2D eigenvalue weighted by molar-refractivity contribution is 5.85. The van der Waals surface area contributed by atoms with Crippen LogP contribution in [0.4, 0.5) is 4.39 Å². The average Bonchev–Trinajstić information content (AvgIpc) is 2.99. The highest BCUT2D eigenvalue weighted by Gasteiger charge is 2.46. The fraction of sp³-hybridized carbons (Fsp3) is 0.565. The smallest absolute Gasteiger partial charge is 0.252 e. The van der Waals surface area contributed by atoms with Gasteiger partial charge in [0.15, 0.2) is 5.60 Å². The molecule has 0 saturated carbocycles. The van der Waals surface area contributed by atoms with Gasteiger partial charge in [0.05, 0.1) is 31.2 Å². The number of carbonyl (C=O) groups excluding carboxylic acids is 1. The molecule has 1 unspecified atom stereocenters. The number of halogens is 1. The molecule has 0 aromatic heterocycles. The van der Waals surface area contributed by atoms with Crippen molar-refractivity contribution in [3.8, 4) is 6.07 Å². The van der Waals surface area contributed by atoms with E-state index in [4.69, 9.17) is 15.2 Å². The van der Waals surface area contributed by atoms with Gasteiger partial charge in [-0.2, -0.15) is 5.26 Å². The number of hydrogen-bond acceptors (Lipinski definition) is 6. The largest absolute Gasteiger partial charge is 0.378 e. The molecule has 1 aromatic carbocycles. The summed E-state index contributed by atoms with van der Waals surface area (Å²) in [5.41, 5.74) is 6.55. The van der Waals surface area contributed by atoms with Crippen molar-refractivity contribution in [3.05, 3.63) is 41.2 Å². The van der Waals surface area contributed by atoms with Crippen LogP contribution in [0.25, 0.3) is 5.57 Å². The van der Waals surface area contributed by atoms with Crippen LogP contribution in [0.5, 0.6) is 0 Å². The summed E-state index contributed by atoms with van der Waals surface area (Å²) in [5.74, 6) is -1.96. The topological polar surface area (TPSA) is 101 Å². The highest BCUT2D eigenvalue weighted by Crippen LogP contribution is 2.30. The van der Waals surface area contributed by atoms with E-state index in [0.717, 1.165) is 50.3 Å². The summed E-state index contributed by atoms with van der Waals surface area (Å²) in [5, 5.41) is 12.9. The van der Waals surface area contributed by atoms with E-state index in [0.29, 0.717) is 24.8 Å². The Balaban J connectivity index is 1.49. The lowest BCUT2D eigenvalue weighted by Crippen LogP contribution is -2.57. The molecule has 3 aliphatic heterocycles. The Kier molecular flexibility index (Phi) is 6.68. The Hall–Kier alpha value is -2.31. The van der Waals surface area contributed by atoms with Gasteiger partial charge in [0.25, 0.3) is 5.91 Å². The molecule has 4 rings (SSSR count). The minimum absolute atomic E-state index is 0.0573. The molecule has 3 heterocycles. The summed E-state index contributed by atoms with van der Waals surface area (Å²) in [6.45, 7) is 4.51. The third kappa shape index (κ3) is 4.51. The molecule has 0 spiro atoms. The first kappa shape index (κ1) is 21.9. The van der Waals surface area contributed by atoms with Crippen LogP contribution in [0, 0.1) is 23.1 Å². The Morgan fingerprint density at radius 2 is 2.29 bits per heavy atom. The van der Waals surface area contributed by atoms with Crippen molar-refractivity contribution < 1.29 is 18.7 Å². The SMILES string of the molecule is N#C[C@H](Cc1ccc(C2=CCN(C3COC3)CC2)cc1F)C1(C(N)=O)CNCCCO1. The van der Waals surface area contributed by atoms with E-state index in [-0.39, 0.29) is 18.8 Å². The van der Waals surface area contributed by atoms with Gasteiger partial charge in [0, 0.05) is 26.2 Å². The average molecular weight is 429 g/mol. The summed E-state index contributed by atoms with van der Waals surface area (Å²) in [7, 11) is 0.